The number of hydrogen-bond donors (Lipinski definition) is 2. The number of nitrogens with one attached hydrogen (secondary N) is 2. The van der Waals surface area contributed by atoms with Crippen molar-refractivity contribution < 1.29 is 28.0 Å². The maximum Gasteiger partial charge on any atom is 0.337 e. The summed E-state index contributed by atoms with van der Waals surface area (Å²) in [6.07, 6.45) is 7.24. The molecule has 1 unspecified atom stereocenters. The summed E-state index contributed by atoms with van der Waals surface area (Å²) in [4.78, 5) is 52.1. The molecule has 1 amide bonds. The van der Waals surface area contributed by atoms with E-state index in [2.05, 4.69) is 20.2 Å². The number of amides is 1. The summed E-state index contributed by atoms with van der Waals surface area (Å²) < 4.78 is 41.9. The van der Waals surface area contributed by atoms with Crippen molar-refractivity contribution in [1.29, 1.82) is 0 Å². The maximum absolute atomic E-state index is 14.4. The molecule has 13 nitrogen and oxygen atoms in total. The van der Waals surface area contributed by atoms with E-state index in [4.69, 9.17) is 9.47 Å². The maximum atomic E-state index is 14.4. The summed E-state index contributed by atoms with van der Waals surface area (Å²) in [6, 6.07) is 7.41. The number of morpholine rings is 1. The van der Waals surface area contributed by atoms with E-state index >= 15 is 0 Å². The van der Waals surface area contributed by atoms with E-state index in [0.717, 1.165) is 31.9 Å². The number of rotatable bonds is 8. The van der Waals surface area contributed by atoms with Crippen LogP contribution >= 0.6 is 0 Å². The van der Waals surface area contributed by atoms with Crippen LogP contribution in [-0.2, 0) is 9.53 Å². The molecule has 0 bridgehead atoms. The average Bonchev–Trinajstić information content (AvgIpc) is 3.50. The summed E-state index contributed by atoms with van der Waals surface area (Å²) >= 11 is 0. The van der Waals surface area contributed by atoms with E-state index < -0.39 is 23.1 Å². The van der Waals surface area contributed by atoms with Crippen molar-refractivity contribution in [3.05, 3.63) is 87.4 Å². The molecule has 5 heterocycles. The summed E-state index contributed by atoms with van der Waals surface area (Å²) in [6.45, 7) is 4.27. The Morgan fingerprint density at radius 2 is 1.94 bits per heavy atom. The number of fused-ring (bicyclic) bond motifs is 2. The van der Waals surface area contributed by atoms with Gasteiger partial charge in [0, 0.05) is 50.1 Å². The number of aliphatic imine (C=N–C) groups is 1. The molecule has 15 heteroatoms. The number of benzene rings is 1. The Morgan fingerprint density at radius 1 is 1.13 bits per heavy atom. The molecule has 246 valence electrons. The van der Waals surface area contributed by atoms with Crippen molar-refractivity contribution in [3.63, 3.8) is 0 Å². The zero-order valence-corrected chi connectivity index (χ0v) is 25.6. The summed E-state index contributed by atoms with van der Waals surface area (Å²) in [5.41, 5.74) is -0.484. The lowest BCUT2D eigenvalue weighted by Crippen LogP contribution is -3.11. The fraction of sp³-hybridized carbons (Fsp3) is 0.406. The minimum atomic E-state index is -0.685. The molecular weight excluding hydrogens is 614 g/mol. The van der Waals surface area contributed by atoms with E-state index in [1.54, 1.807) is 30.5 Å². The van der Waals surface area contributed by atoms with Crippen LogP contribution in [0.5, 0.6) is 5.75 Å². The Hall–Kier alpha value is -4.73. The van der Waals surface area contributed by atoms with Crippen LogP contribution in [0.3, 0.4) is 0 Å². The fourth-order valence-electron chi connectivity index (χ4n) is 6.53. The number of pyridine rings is 1. The Morgan fingerprint density at radius 3 is 2.74 bits per heavy atom. The molecule has 2 N–H and O–H groups in total. The monoisotopic (exact) mass is 649 g/mol. The molecule has 1 saturated carbocycles. The van der Waals surface area contributed by atoms with Crippen LogP contribution in [0.15, 0.2) is 75.3 Å². The van der Waals surface area contributed by atoms with Gasteiger partial charge in [-0.05, 0) is 43.9 Å². The SMILES string of the molecule is O=C(NC1CCC(n2c(=O)c3cc(F)cnc3n(-c3cccc(OCCN4CCOCC4)c3)c2=O)CC1)C1=C[NH+]2CN(F)C=CC2=N1. The number of quaternary nitrogens is 1. The lowest BCUT2D eigenvalue weighted by molar-refractivity contribution is -0.763. The van der Waals surface area contributed by atoms with Gasteiger partial charge in [0.25, 0.3) is 11.5 Å². The third-order valence-corrected chi connectivity index (χ3v) is 8.97. The van der Waals surface area contributed by atoms with Gasteiger partial charge >= 0.3 is 5.69 Å². The van der Waals surface area contributed by atoms with Crippen LogP contribution in [0.1, 0.15) is 31.7 Å². The lowest BCUT2D eigenvalue weighted by Gasteiger charge is -2.30. The summed E-state index contributed by atoms with van der Waals surface area (Å²) in [7, 11) is 0. The average molecular weight is 650 g/mol. The van der Waals surface area contributed by atoms with Crippen LogP contribution in [0, 0.1) is 5.82 Å². The van der Waals surface area contributed by atoms with E-state index in [-0.39, 0.29) is 35.3 Å². The molecule has 3 aromatic rings. The Kier molecular flexibility index (Phi) is 8.66. The molecule has 1 saturated heterocycles. The van der Waals surface area contributed by atoms with Gasteiger partial charge in [-0.3, -0.25) is 19.1 Å². The third-order valence-electron chi connectivity index (χ3n) is 8.97. The van der Waals surface area contributed by atoms with Crippen LogP contribution in [0.2, 0.25) is 0 Å². The molecule has 1 aromatic carbocycles. The first-order valence-electron chi connectivity index (χ1n) is 15.8. The molecule has 2 fully saturated rings. The van der Waals surface area contributed by atoms with E-state index in [9.17, 15) is 23.3 Å². The van der Waals surface area contributed by atoms with Crippen LogP contribution < -0.4 is 26.2 Å². The number of carbonyl (C=O) groups is 1. The second-order valence-electron chi connectivity index (χ2n) is 12.0. The number of halogens is 2. The van der Waals surface area contributed by atoms with Gasteiger partial charge in [0.15, 0.2) is 18.0 Å². The predicted octanol–water partition coefficient (Wildman–Crippen LogP) is 0.807. The lowest BCUT2D eigenvalue weighted by atomic mass is 9.90. The van der Waals surface area contributed by atoms with Crippen LogP contribution in [0.4, 0.5) is 8.87 Å². The Balaban J connectivity index is 1.10. The quantitative estimate of drug-likeness (QED) is 0.344. The minimum absolute atomic E-state index is 0.00851. The van der Waals surface area contributed by atoms with Crippen molar-refractivity contribution in [2.75, 3.05) is 46.1 Å². The van der Waals surface area contributed by atoms with Gasteiger partial charge in [0.1, 0.15) is 24.4 Å². The second-order valence-corrected chi connectivity index (χ2v) is 12.0. The van der Waals surface area contributed by atoms with Gasteiger partial charge in [-0.1, -0.05) is 10.5 Å². The van der Waals surface area contributed by atoms with Gasteiger partial charge in [-0.2, -0.15) is 10.1 Å². The van der Waals surface area contributed by atoms with Crippen molar-refractivity contribution >= 4 is 22.8 Å². The number of amidine groups is 1. The summed E-state index contributed by atoms with van der Waals surface area (Å²) in [5.74, 6) is 0.0665. The molecule has 47 heavy (non-hydrogen) atoms. The van der Waals surface area contributed by atoms with E-state index in [1.807, 2.05) is 0 Å². The summed E-state index contributed by atoms with van der Waals surface area (Å²) in [5, 5.41) is 3.51. The first kappa shape index (κ1) is 30.9. The highest BCUT2D eigenvalue weighted by Crippen LogP contribution is 2.28. The molecule has 1 aliphatic carbocycles. The first-order valence-corrected chi connectivity index (χ1v) is 15.8. The second kappa shape index (κ2) is 13.2. The molecule has 1 atom stereocenters. The number of aromatic nitrogens is 3. The molecule has 0 spiro atoms. The highest BCUT2D eigenvalue weighted by molar-refractivity contribution is 5.99. The Bertz CT molecular complexity index is 1890. The molecular formula is C32H35F2N8O5+. The van der Waals surface area contributed by atoms with Crippen molar-refractivity contribution in [3.8, 4) is 11.4 Å². The number of hydrogen-bond acceptors (Lipinski definition) is 9. The number of ether oxygens (including phenoxy) is 2. The van der Waals surface area contributed by atoms with Gasteiger partial charge in [-0.15, -0.1) is 0 Å². The minimum Gasteiger partial charge on any atom is -0.492 e. The number of carbonyl (C=O) groups excluding carboxylic acids is 1. The highest BCUT2D eigenvalue weighted by atomic mass is 19.2. The predicted molar refractivity (Wildman–Crippen MR) is 167 cm³/mol. The van der Waals surface area contributed by atoms with E-state index in [0.29, 0.717) is 72.8 Å². The van der Waals surface area contributed by atoms with Crippen LogP contribution in [0.25, 0.3) is 16.7 Å². The topological polar surface area (TPSA) is 128 Å². The molecule has 0 radical (unpaired) electrons. The van der Waals surface area contributed by atoms with Gasteiger partial charge in [-0.25, -0.2) is 23.6 Å². The van der Waals surface area contributed by atoms with Gasteiger partial charge in [0.05, 0.1) is 30.5 Å². The van der Waals surface area contributed by atoms with Crippen molar-refractivity contribution in [1.82, 2.24) is 29.5 Å². The first-order chi connectivity index (χ1) is 22.8. The Labute approximate surface area is 267 Å². The van der Waals surface area contributed by atoms with Gasteiger partial charge < -0.3 is 14.8 Å². The highest BCUT2D eigenvalue weighted by Gasteiger charge is 2.32. The molecule has 4 aliphatic rings. The number of nitrogens with zero attached hydrogens (tertiary/aromatic N) is 6. The standard InChI is InChI=1S/C32H34F2N8O5/c33-21-16-26-29(35-18-21)41(24-2-1-3-25(17-24)47-15-12-38-10-13-46-14-11-38)32(45)42(31(26)44)23-6-4-22(5-7-23)36-30(43)27-19-39-20-40(34)9-8-28(39)37-27/h1-3,8-9,16-19,22-23H,4-7,10-15,20H2,(H,36,43)/p+1. The zero-order valence-electron chi connectivity index (χ0n) is 25.6. The zero-order chi connectivity index (χ0) is 32.5. The fourth-order valence-corrected chi connectivity index (χ4v) is 6.53. The van der Waals surface area contributed by atoms with Crippen molar-refractivity contribution in [2.45, 2.75) is 37.8 Å². The molecule has 2 aromatic heterocycles. The third kappa shape index (κ3) is 6.46. The van der Waals surface area contributed by atoms with E-state index in [1.165, 1.54) is 21.4 Å². The smallest absolute Gasteiger partial charge is 0.337 e. The largest absolute Gasteiger partial charge is 0.492 e. The van der Waals surface area contributed by atoms with Crippen LogP contribution in [-0.4, -0.2) is 88.0 Å². The van der Waals surface area contributed by atoms with Gasteiger partial charge in [0.2, 0.25) is 5.84 Å². The molecule has 7 rings (SSSR count). The normalized spacial score (nSPS) is 22.9. The van der Waals surface area contributed by atoms with Crippen molar-refractivity contribution in [2.24, 2.45) is 4.99 Å². The molecule has 3 aliphatic heterocycles.